The largest absolute Gasteiger partial charge is 0.476 e. The molecule has 0 bridgehead atoms. The summed E-state index contributed by atoms with van der Waals surface area (Å²) in [6.45, 7) is -0.104. The van der Waals surface area contributed by atoms with E-state index in [0.29, 0.717) is 0 Å². The fraction of sp³-hybridized carbons (Fsp3) is 0.167. The number of nitrogens with one attached hydrogen (secondary N) is 1. The third-order valence-electron chi connectivity index (χ3n) is 2.63. The average molecular weight is 296 g/mol. The Labute approximate surface area is 117 Å². The lowest BCUT2D eigenvalue weighted by Gasteiger charge is -2.08. The normalized spacial score (nSPS) is 10.2. The van der Waals surface area contributed by atoms with Gasteiger partial charge in [0.05, 0.1) is 12.0 Å². The Kier molecular flexibility index (Phi) is 4.21. The number of nitrogens with zero attached hydrogens (tertiary/aromatic N) is 3. The molecule has 2 aromatic rings. The molecule has 0 amide bonds. The van der Waals surface area contributed by atoms with Crippen molar-refractivity contribution in [1.29, 1.82) is 0 Å². The van der Waals surface area contributed by atoms with Crippen LogP contribution < -0.4 is 10.1 Å². The topological polar surface area (TPSA) is 90.2 Å². The zero-order valence-electron chi connectivity index (χ0n) is 10.8. The second kappa shape index (κ2) is 6.07. The van der Waals surface area contributed by atoms with Crippen LogP contribution in [0.2, 0.25) is 0 Å². The van der Waals surface area contributed by atoms with Crippen LogP contribution in [0.4, 0.5) is 20.3 Å². The van der Waals surface area contributed by atoms with Crippen molar-refractivity contribution >= 4 is 11.5 Å². The van der Waals surface area contributed by atoms with Crippen molar-refractivity contribution in [3.63, 3.8) is 0 Å². The van der Waals surface area contributed by atoms with Crippen molar-refractivity contribution in [2.75, 3.05) is 12.4 Å². The molecule has 21 heavy (non-hydrogen) atoms. The second-order valence-corrected chi connectivity index (χ2v) is 3.93. The van der Waals surface area contributed by atoms with E-state index >= 15 is 0 Å². The van der Waals surface area contributed by atoms with Gasteiger partial charge in [0.1, 0.15) is 18.0 Å². The Balaban J connectivity index is 2.26. The summed E-state index contributed by atoms with van der Waals surface area (Å²) in [5, 5.41) is 13.6. The average Bonchev–Trinajstić information content (AvgIpc) is 2.45. The van der Waals surface area contributed by atoms with Crippen LogP contribution in [0.15, 0.2) is 24.5 Å². The SMILES string of the molecule is COc1ncnc(NCc2ccc(F)cc2F)c1[N+](=O)[O-]. The van der Waals surface area contributed by atoms with Gasteiger partial charge in [0.2, 0.25) is 5.82 Å². The lowest BCUT2D eigenvalue weighted by Crippen LogP contribution is -2.08. The van der Waals surface area contributed by atoms with Gasteiger partial charge in [-0.1, -0.05) is 6.07 Å². The fourth-order valence-corrected chi connectivity index (χ4v) is 1.65. The number of anilines is 1. The number of nitro groups is 1. The molecule has 0 radical (unpaired) electrons. The van der Waals surface area contributed by atoms with E-state index in [-0.39, 0.29) is 23.8 Å². The minimum absolute atomic E-state index is 0.104. The summed E-state index contributed by atoms with van der Waals surface area (Å²) in [5.74, 6) is -1.79. The lowest BCUT2D eigenvalue weighted by atomic mass is 10.2. The van der Waals surface area contributed by atoms with Gasteiger partial charge in [0.25, 0.3) is 5.88 Å². The first-order valence-electron chi connectivity index (χ1n) is 5.74. The molecule has 0 atom stereocenters. The van der Waals surface area contributed by atoms with Gasteiger partial charge in [-0.2, -0.15) is 4.98 Å². The standard InChI is InChI=1S/C12H10F2N4O3/c1-21-12-10(18(19)20)11(16-6-17-12)15-5-7-2-3-8(13)4-9(7)14/h2-4,6H,5H2,1H3,(H,15,16,17). The molecule has 9 heteroatoms. The molecule has 2 rings (SSSR count). The van der Waals surface area contributed by atoms with E-state index in [4.69, 9.17) is 4.74 Å². The molecule has 0 saturated heterocycles. The Bertz CT molecular complexity index is 682. The van der Waals surface area contributed by atoms with Gasteiger partial charge >= 0.3 is 5.69 Å². The van der Waals surface area contributed by atoms with Crippen molar-refractivity contribution in [3.8, 4) is 5.88 Å². The van der Waals surface area contributed by atoms with E-state index in [1.54, 1.807) is 0 Å². The number of aromatic nitrogens is 2. The van der Waals surface area contributed by atoms with E-state index in [0.717, 1.165) is 18.5 Å². The molecular weight excluding hydrogens is 286 g/mol. The Hall–Kier alpha value is -2.84. The molecule has 0 saturated carbocycles. The van der Waals surface area contributed by atoms with Crippen molar-refractivity contribution < 1.29 is 18.4 Å². The Morgan fingerprint density at radius 2 is 2.14 bits per heavy atom. The number of halogens is 2. The first-order valence-corrected chi connectivity index (χ1v) is 5.74. The lowest BCUT2D eigenvalue weighted by molar-refractivity contribution is -0.385. The summed E-state index contributed by atoms with van der Waals surface area (Å²) in [5.41, 5.74) is -0.314. The first-order chi connectivity index (χ1) is 10.0. The highest BCUT2D eigenvalue weighted by atomic mass is 19.1. The van der Waals surface area contributed by atoms with E-state index in [2.05, 4.69) is 15.3 Å². The van der Waals surface area contributed by atoms with Crippen LogP contribution in [0, 0.1) is 21.7 Å². The predicted octanol–water partition coefficient (Wildman–Crippen LogP) is 2.28. The Morgan fingerprint density at radius 3 is 2.76 bits per heavy atom. The van der Waals surface area contributed by atoms with Crippen LogP contribution in [0.25, 0.3) is 0 Å². The number of hydrogen-bond donors (Lipinski definition) is 1. The summed E-state index contributed by atoms with van der Waals surface area (Å²) in [6.07, 6.45) is 1.08. The molecule has 0 aliphatic heterocycles. The van der Waals surface area contributed by atoms with Crippen molar-refractivity contribution in [2.24, 2.45) is 0 Å². The first kappa shape index (κ1) is 14.6. The molecule has 1 heterocycles. The van der Waals surface area contributed by atoms with Crippen LogP contribution in [-0.4, -0.2) is 22.0 Å². The number of methoxy groups -OCH3 is 1. The fourth-order valence-electron chi connectivity index (χ4n) is 1.65. The minimum Gasteiger partial charge on any atom is -0.476 e. The number of hydrogen-bond acceptors (Lipinski definition) is 6. The Morgan fingerprint density at radius 1 is 1.38 bits per heavy atom. The molecule has 110 valence electrons. The summed E-state index contributed by atoms with van der Waals surface area (Å²) in [4.78, 5) is 17.7. The van der Waals surface area contributed by atoms with Crippen LogP contribution in [0.3, 0.4) is 0 Å². The van der Waals surface area contributed by atoms with Gasteiger partial charge in [-0.05, 0) is 6.07 Å². The van der Waals surface area contributed by atoms with E-state index < -0.39 is 22.2 Å². The molecule has 7 nitrogen and oxygen atoms in total. The smallest absolute Gasteiger partial charge is 0.372 e. The zero-order chi connectivity index (χ0) is 15.4. The van der Waals surface area contributed by atoms with Crippen molar-refractivity contribution in [2.45, 2.75) is 6.54 Å². The molecule has 0 aliphatic rings. The van der Waals surface area contributed by atoms with Gasteiger partial charge in [-0.3, -0.25) is 10.1 Å². The van der Waals surface area contributed by atoms with Crippen LogP contribution in [0.5, 0.6) is 5.88 Å². The van der Waals surface area contributed by atoms with Crippen molar-refractivity contribution in [3.05, 3.63) is 51.8 Å². The third-order valence-corrected chi connectivity index (χ3v) is 2.63. The summed E-state index contributed by atoms with van der Waals surface area (Å²) >= 11 is 0. The maximum atomic E-state index is 13.5. The number of ether oxygens (including phenoxy) is 1. The van der Waals surface area contributed by atoms with Gasteiger partial charge in [0.15, 0.2) is 0 Å². The van der Waals surface area contributed by atoms with E-state index in [9.17, 15) is 18.9 Å². The van der Waals surface area contributed by atoms with Crippen LogP contribution in [-0.2, 0) is 6.54 Å². The molecule has 1 aromatic heterocycles. The minimum atomic E-state index is -0.758. The summed E-state index contributed by atoms with van der Waals surface area (Å²) in [7, 11) is 1.23. The number of benzene rings is 1. The quantitative estimate of drug-likeness (QED) is 0.672. The highest BCUT2D eigenvalue weighted by molar-refractivity contribution is 5.61. The molecule has 0 spiro atoms. The highest BCUT2D eigenvalue weighted by Gasteiger charge is 2.23. The van der Waals surface area contributed by atoms with Crippen LogP contribution in [0.1, 0.15) is 5.56 Å². The van der Waals surface area contributed by atoms with Gasteiger partial charge in [-0.15, -0.1) is 0 Å². The highest BCUT2D eigenvalue weighted by Crippen LogP contribution is 2.30. The van der Waals surface area contributed by atoms with Crippen molar-refractivity contribution in [1.82, 2.24) is 9.97 Å². The van der Waals surface area contributed by atoms with E-state index in [1.807, 2.05) is 0 Å². The van der Waals surface area contributed by atoms with Gasteiger partial charge in [-0.25, -0.2) is 13.8 Å². The summed E-state index contributed by atoms with van der Waals surface area (Å²) in [6, 6.07) is 3.06. The predicted molar refractivity (Wildman–Crippen MR) is 68.9 cm³/mol. The maximum Gasteiger partial charge on any atom is 0.372 e. The summed E-state index contributed by atoms with van der Waals surface area (Å²) < 4.78 is 31.1. The molecule has 0 aliphatic carbocycles. The van der Waals surface area contributed by atoms with Crippen LogP contribution >= 0.6 is 0 Å². The molecule has 0 unspecified atom stereocenters. The molecule has 1 N–H and O–H groups in total. The van der Waals surface area contributed by atoms with Gasteiger partial charge in [0, 0.05) is 18.2 Å². The van der Waals surface area contributed by atoms with E-state index in [1.165, 1.54) is 13.2 Å². The monoisotopic (exact) mass is 296 g/mol. The second-order valence-electron chi connectivity index (χ2n) is 3.93. The van der Waals surface area contributed by atoms with Gasteiger partial charge < -0.3 is 10.1 Å². The third kappa shape index (κ3) is 3.19. The number of rotatable bonds is 5. The zero-order valence-corrected chi connectivity index (χ0v) is 10.8. The maximum absolute atomic E-state index is 13.5. The molecular formula is C12H10F2N4O3. The molecule has 0 fully saturated rings. The molecule has 1 aromatic carbocycles.